The Hall–Kier alpha value is -2.53. The Morgan fingerprint density at radius 3 is 2.80 bits per heavy atom. The van der Waals surface area contributed by atoms with Crippen LogP contribution in [0.4, 0.5) is 0 Å². The molecule has 25 heavy (non-hydrogen) atoms. The van der Waals surface area contributed by atoms with Gasteiger partial charge in [-0.15, -0.1) is 0 Å². The van der Waals surface area contributed by atoms with E-state index in [2.05, 4.69) is 30.1 Å². The number of fused-ring (bicyclic) bond motifs is 3. The summed E-state index contributed by atoms with van der Waals surface area (Å²) in [5.41, 5.74) is 3.88. The SMILES string of the molecule is CC(CCCC(=O)NO)CCOc1ccc2c(c1)[nH]c1ccccc12. The first-order chi connectivity index (χ1) is 12.2. The van der Waals surface area contributed by atoms with Gasteiger partial charge in [-0.2, -0.15) is 0 Å². The lowest BCUT2D eigenvalue weighted by Gasteiger charge is -2.12. The third-order valence-corrected chi connectivity index (χ3v) is 4.58. The van der Waals surface area contributed by atoms with E-state index in [0.29, 0.717) is 18.9 Å². The number of para-hydroxylation sites is 1. The maximum atomic E-state index is 11.0. The van der Waals surface area contributed by atoms with E-state index in [4.69, 9.17) is 9.94 Å². The second kappa shape index (κ2) is 8.03. The smallest absolute Gasteiger partial charge is 0.243 e. The fraction of sp³-hybridized carbons (Fsp3) is 0.350. The summed E-state index contributed by atoms with van der Waals surface area (Å²) in [6, 6.07) is 14.4. The van der Waals surface area contributed by atoms with Crippen LogP contribution in [0.1, 0.15) is 32.6 Å². The minimum Gasteiger partial charge on any atom is -0.494 e. The van der Waals surface area contributed by atoms with Crippen molar-refractivity contribution >= 4 is 27.7 Å². The second-order valence-corrected chi connectivity index (χ2v) is 6.55. The predicted molar refractivity (Wildman–Crippen MR) is 98.9 cm³/mol. The summed E-state index contributed by atoms with van der Waals surface area (Å²) in [6.07, 6.45) is 3.01. The van der Waals surface area contributed by atoms with Crippen LogP contribution in [0.5, 0.6) is 5.75 Å². The molecule has 5 heteroatoms. The van der Waals surface area contributed by atoms with Crippen LogP contribution in [0.25, 0.3) is 21.8 Å². The molecule has 0 aliphatic rings. The highest BCUT2D eigenvalue weighted by molar-refractivity contribution is 6.07. The zero-order valence-electron chi connectivity index (χ0n) is 14.4. The van der Waals surface area contributed by atoms with Gasteiger partial charge in [0.1, 0.15) is 5.75 Å². The van der Waals surface area contributed by atoms with Gasteiger partial charge in [-0.3, -0.25) is 10.0 Å². The molecule has 0 radical (unpaired) electrons. The normalized spacial score (nSPS) is 12.4. The first-order valence-corrected chi connectivity index (χ1v) is 8.73. The Morgan fingerprint density at radius 2 is 1.96 bits per heavy atom. The van der Waals surface area contributed by atoms with Gasteiger partial charge in [-0.1, -0.05) is 31.5 Å². The van der Waals surface area contributed by atoms with Crippen LogP contribution in [0.2, 0.25) is 0 Å². The topological polar surface area (TPSA) is 74.3 Å². The number of carbonyl (C=O) groups is 1. The molecule has 1 amide bonds. The van der Waals surface area contributed by atoms with Gasteiger partial charge in [0.05, 0.1) is 12.1 Å². The van der Waals surface area contributed by atoms with E-state index in [0.717, 1.165) is 36.0 Å². The lowest BCUT2D eigenvalue weighted by molar-refractivity contribution is -0.129. The number of aromatic amines is 1. The van der Waals surface area contributed by atoms with Gasteiger partial charge in [-0.25, -0.2) is 5.48 Å². The lowest BCUT2D eigenvalue weighted by atomic mass is 10.0. The van der Waals surface area contributed by atoms with Gasteiger partial charge in [0, 0.05) is 28.8 Å². The number of hydrogen-bond acceptors (Lipinski definition) is 3. The maximum absolute atomic E-state index is 11.0. The molecule has 3 N–H and O–H groups in total. The molecule has 3 aromatic rings. The zero-order valence-corrected chi connectivity index (χ0v) is 14.4. The third kappa shape index (κ3) is 4.31. The van der Waals surface area contributed by atoms with Gasteiger partial charge in [0.15, 0.2) is 0 Å². The molecule has 2 aromatic carbocycles. The molecule has 3 rings (SSSR count). The Bertz CT molecular complexity index is 856. The van der Waals surface area contributed by atoms with Gasteiger partial charge in [0.2, 0.25) is 5.91 Å². The molecule has 1 heterocycles. The summed E-state index contributed by atoms with van der Waals surface area (Å²) >= 11 is 0. The molecule has 1 atom stereocenters. The van der Waals surface area contributed by atoms with Gasteiger partial charge < -0.3 is 9.72 Å². The van der Waals surface area contributed by atoms with E-state index in [1.54, 1.807) is 5.48 Å². The molecule has 0 aliphatic carbocycles. The monoisotopic (exact) mass is 340 g/mol. The van der Waals surface area contributed by atoms with E-state index >= 15 is 0 Å². The Morgan fingerprint density at radius 1 is 1.16 bits per heavy atom. The highest BCUT2D eigenvalue weighted by atomic mass is 16.5. The second-order valence-electron chi connectivity index (χ2n) is 6.55. The van der Waals surface area contributed by atoms with Crippen molar-refractivity contribution in [1.82, 2.24) is 10.5 Å². The number of benzene rings is 2. The van der Waals surface area contributed by atoms with E-state index in [1.807, 2.05) is 24.3 Å². The minimum atomic E-state index is -0.324. The van der Waals surface area contributed by atoms with Crippen LogP contribution in [-0.2, 0) is 4.79 Å². The third-order valence-electron chi connectivity index (χ3n) is 4.58. The maximum Gasteiger partial charge on any atom is 0.243 e. The zero-order chi connectivity index (χ0) is 17.6. The van der Waals surface area contributed by atoms with Gasteiger partial charge in [-0.05, 0) is 37.0 Å². The van der Waals surface area contributed by atoms with E-state index in [1.165, 1.54) is 10.8 Å². The number of amides is 1. The summed E-state index contributed by atoms with van der Waals surface area (Å²) in [5.74, 6) is 1.02. The Balaban J connectivity index is 1.51. The van der Waals surface area contributed by atoms with Crippen molar-refractivity contribution < 1.29 is 14.7 Å². The summed E-state index contributed by atoms with van der Waals surface area (Å²) in [5, 5.41) is 10.9. The molecule has 5 nitrogen and oxygen atoms in total. The van der Waals surface area contributed by atoms with Crippen LogP contribution < -0.4 is 10.2 Å². The minimum absolute atomic E-state index is 0.324. The Kier molecular flexibility index (Phi) is 5.56. The van der Waals surface area contributed by atoms with Crippen molar-refractivity contribution in [1.29, 1.82) is 0 Å². The number of nitrogens with one attached hydrogen (secondary N) is 2. The highest BCUT2D eigenvalue weighted by Crippen LogP contribution is 2.28. The number of aromatic nitrogens is 1. The Labute approximate surface area is 146 Å². The van der Waals surface area contributed by atoms with Crippen LogP contribution in [0.15, 0.2) is 42.5 Å². The van der Waals surface area contributed by atoms with Crippen molar-refractivity contribution in [3.8, 4) is 5.75 Å². The predicted octanol–water partition coefficient (Wildman–Crippen LogP) is 4.40. The van der Waals surface area contributed by atoms with Crippen LogP contribution in [0.3, 0.4) is 0 Å². The van der Waals surface area contributed by atoms with E-state index in [9.17, 15) is 4.79 Å². The number of rotatable bonds is 8. The quantitative estimate of drug-likeness (QED) is 0.420. The standard InChI is InChI=1S/C20H24N2O3/c1-14(5-4-8-20(23)22-24)11-12-25-15-9-10-17-16-6-2-3-7-18(16)21-19(17)13-15/h2-3,6-7,9-10,13-14,21,24H,4-5,8,11-12H2,1H3,(H,22,23). The van der Waals surface area contributed by atoms with E-state index in [-0.39, 0.29) is 5.91 Å². The number of hydrogen-bond donors (Lipinski definition) is 3. The number of ether oxygens (including phenoxy) is 1. The van der Waals surface area contributed by atoms with Crippen LogP contribution in [0, 0.1) is 5.92 Å². The highest BCUT2D eigenvalue weighted by Gasteiger charge is 2.07. The van der Waals surface area contributed by atoms with Crippen LogP contribution in [-0.4, -0.2) is 22.7 Å². The molecule has 0 saturated heterocycles. The molecular formula is C20H24N2O3. The summed E-state index contributed by atoms with van der Waals surface area (Å²) in [7, 11) is 0. The molecule has 0 fully saturated rings. The summed E-state index contributed by atoms with van der Waals surface area (Å²) in [4.78, 5) is 14.4. The first-order valence-electron chi connectivity index (χ1n) is 8.73. The lowest BCUT2D eigenvalue weighted by Crippen LogP contribution is -2.18. The largest absolute Gasteiger partial charge is 0.494 e. The molecule has 132 valence electrons. The fourth-order valence-electron chi connectivity index (χ4n) is 3.11. The molecule has 0 aliphatic heterocycles. The average molecular weight is 340 g/mol. The van der Waals surface area contributed by atoms with Gasteiger partial charge >= 0.3 is 0 Å². The summed E-state index contributed by atoms with van der Waals surface area (Å²) in [6.45, 7) is 2.81. The number of carbonyl (C=O) groups excluding carboxylic acids is 1. The first kappa shape index (κ1) is 17.3. The number of hydroxylamine groups is 1. The van der Waals surface area contributed by atoms with Gasteiger partial charge in [0.25, 0.3) is 0 Å². The molecule has 1 aromatic heterocycles. The van der Waals surface area contributed by atoms with E-state index < -0.39 is 0 Å². The fourth-order valence-corrected chi connectivity index (χ4v) is 3.11. The van der Waals surface area contributed by atoms with Crippen molar-refractivity contribution in [2.75, 3.05) is 6.61 Å². The molecule has 0 bridgehead atoms. The average Bonchev–Trinajstić information content (AvgIpc) is 2.99. The van der Waals surface area contributed by atoms with Crippen molar-refractivity contribution in [3.63, 3.8) is 0 Å². The van der Waals surface area contributed by atoms with Crippen molar-refractivity contribution in [2.45, 2.75) is 32.6 Å². The number of H-pyrrole nitrogens is 1. The molecular weight excluding hydrogens is 316 g/mol. The molecule has 0 saturated carbocycles. The summed E-state index contributed by atoms with van der Waals surface area (Å²) < 4.78 is 5.89. The molecule has 1 unspecified atom stereocenters. The van der Waals surface area contributed by atoms with Crippen LogP contribution >= 0.6 is 0 Å². The van der Waals surface area contributed by atoms with Crippen molar-refractivity contribution in [3.05, 3.63) is 42.5 Å². The molecule has 0 spiro atoms. The van der Waals surface area contributed by atoms with Crippen molar-refractivity contribution in [2.24, 2.45) is 5.92 Å².